The maximum atomic E-state index is 13.0. The van der Waals surface area contributed by atoms with Crippen molar-refractivity contribution in [3.8, 4) is 11.4 Å². The van der Waals surface area contributed by atoms with Gasteiger partial charge in [0.15, 0.2) is 0 Å². The van der Waals surface area contributed by atoms with Crippen molar-refractivity contribution in [2.45, 2.75) is 6.54 Å². The summed E-state index contributed by atoms with van der Waals surface area (Å²) in [6, 6.07) is 24.5. The number of hydrogen-bond acceptors (Lipinski definition) is 3. The molecule has 0 spiro atoms. The molecule has 5 heteroatoms. The molecule has 0 unspecified atom stereocenters. The van der Waals surface area contributed by atoms with Crippen LogP contribution in [0.4, 0.5) is 0 Å². The summed E-state index contributed by atoms with van der Waals surface area (Å²) in [5, 5.41) is 2.28. The highest BCUT2D eigenvalue weighted by Crippen LogP contribution is 2.19. The van der Waals surface area contributed by atoms with E-state index in [0.717, 1.165) is 61.6 Å². The highest BCUT2D eigenvalue weighted by atomic mass is 16.2. The Labute approximate surface area is 182 Å². The van der Waals surface area contributed by atoms with E-state index in [1.807, 2.05) is 65.8 Å². The van der Waals surface area contributed by atoms with Crippen LogP contribution in [-0.4, -0.2) is 58.0 Å². The predicted molar refractivity (Wildman–Crippen MR) is 124 cm³/mol. The monoisotopic (exact) mass is 410 g/mol. The van der Waals surface area contributed by atoms with Crippen molar-refractivity contribution in [2.75, 3.05) is 32.7 Å². The van der Waals surface area contributed by atoms with Crippen molar-refractivity contribution in [1.82, 2.24) is 19.4 Å². The zero-order valence-electron chi connectivity index (χ0n) is 17.5. The highest BCUT2D eigenvalue weighted by Gasteiger charge is 2.22. The molecule has 2 heterocycles. The summed E-state index contributed by atoms with van der Waals surface area (Å²) in [4.78, 5) is 21.9. The third-order valence-corrected chi connectivity index (χ3v) is 6.06. The Hall–Kier alpha value is -3.44. The summed E-state index contributed by atoms with van der Waals surface area (Å²) < 4.78 is 2.21. The van der Waals surface area contributed by atoms with Crippen LogP contribution in [0.1, 0.15) is 10.4 Å². The van der Waals surface area contributed by atoms with Gasteiger partial charge in [-0.3, -0.25) is 9.69 Å². The van der Waals surface area contributed by atoms with Gasteiger partial charge in [0.05, 0.1) is 0 Å². The van der Waals surface area contributed by atoms with Crippen molar-refractivity contribution in [3.05, 3.63) is 90.8 Å². The summed E-state index contributed by atoms with van der Waals surface area (Å²) in [6.45, 7) is 5.17. The Balaban J connectivity index is 1.17. The van der Waals surface area contributed by atoms with E-state index in [1.54, 1.807) is 0 Å². The summed E-state index contributed by atoms with van der Waals surface area (Å²) in [6.07, 6.45) is 3.91. The Kier molecular flexibility index (Phi) is 5.50. The van der Waals surface area contributed by atoms with Crippen LogP contribution in [0, 0.1) is 0 Å². The standard InChI is InChI=1S/C26H26N4O/c31-26(24-11-10-21-6-4-5-9-23(21)20-24)30-18-15-28(16-19-30)14-17-29-13-12-27-25(29)22-7-2-1-3-8-22/h1-13,20H,14-19H2. The highest BCUT2D eigenvalue weighted by molar-refractivity contribution is 5.98. The number of benzene rings is 3. The first-order chi connectivity index (χ1) is 15.3. The molecule has 1 aliphatic heterocycles. The van der Waals surface area contributed by atoms with Crippen LogP contribution in [0.5, 0.6) is 0 Å². The van der Waals surface area contributed by atoms with E-state index in [0.29, 0.717) is 0 Å². The maximum absolute atomic E-state index is 13.0. The molecule has 0 N–H and O–H groups in total. The molecule has 1 saturated heterocycles. The molecule has 5 nitrogen and oxygen atoms in total. The Morgan fingerprint density at radius 2 is 1.55 bits per heavy atom. The van der Waals surface area contributed by atoms with E-state index >= 15 is 0 Å². The van der Waals surface area contributed by atoms with Crippen LogP contribution < -0.4 is 0 Å². The maximum Gasteiger partial charge on any atom is 0.253 e. The molecule has 0 aliphatic carbocycles. The molecule has 0 saturated carbocycles. The lowest BCUT2D eigenvalue weighted by molar-refractivity contribution is 0.0633. The second kappa shape index (κ2) is 8.74. The van der Waals surface area contributed by atoms with Gasteiger partial charge in [0.1, 0.15) is 5.82 Å². The number of amides is 1. The quantitative estimate of drug-likeness (QED) is 0.496. The van der Waals surface area contributed by atoms with E-state index in [4.69, 9.17) is 0 Å². The normalized spacial score (nSPS) is 14.8. The fraction of sp³-hybridized carbons (Fsp3) is 0.231. The smallest absolute Gasteiger partial charge is 0.253 e. The van der Waals surface area contributed by atoms with Crippen LogP contribution in [0.2, 0.25) is 0 Å². The fourth-order valence-electron chi connectivity index (χ4n) is 4.27. The number of carbonyl (C=O) groups is 1. The van der Waals surface area contributed by atoms with E-state index in [2.05, 4.69) is 38.7 Å². The number of carbonyl (C=O) groups excluding carboxylic acids is 1. The number of fused-ring (bicyclic) bond motifs is 1. The van der Waals surface area contributed by atoms with E-state index < -0.39 is 0 Å². The number of imidazole rings is 1. The predicted octanol–water partition coefficient (Wildman–Crippen LogP) is 4.16. The fourth-order valence-corrected chi connectivity index (χ4v) is 4.27. The second-order valence-electron chi connectivity index (χ2n) is 8.01. The van der Waals surface area contributed by atoms with Gasteiger partial charge in [0, 0.05) is 62.8 Å². The van der Waals surface area contributed by atoms with E-state index in [9.17, 15) is 4.79 Å². The van der Waals surface area contributed by atoms with Crippen LogP contribution in [-0.2, 0) is 6.54 Å². The zero-order valence-corrected chi connectivity index (χ0v) is 17.5. The minimum atomic E-state index is 0.131. The lowest BCUT2D eigenvalue weighted by atomic mass is 10.1. The molecule has 0 radical (unpaired) electrons. The van der Waals surface area contributed by atoms with Gasteiger partial charge in [-0.1, -0.05) is 60.7 Å². The lowest BCUT2D eigenvalue weighted by Gasteiger charge is -2.35. The van der Waals surface area contributed by atoms with Gasteiger partial charge >= 0.3 is 0 Å². The van der Waals surface area contributed by atoms with Crippen LogP contribution in [0.15, 0.2) is 85.2 Å². The largest absolute Gasteiger partial charge is 0.336 e. The number of rotatable bonds is 5. The molecular weight excluding hydrogens is 384 g/mol. The number of hydrogen-bond donors (Lipinski definition) is 0. The van der Waals surface area contributed by atoms with Crippen LogP contribution in [0.25, 0.3) is 22.2 Å². The summed E-state index contributed by atoms with van der Waals surface area (Å²) in [5.41, 5.74) is 1.91. The van der Waals surface area contributed by atoms with E-state index in [-0.39, 0.29) is 5.91 Å². The third kappa shape index (κ3) is 4.23. The van der Waals surface area contributed by atoms with Gasteiger partial charge in [0.2, 0.25) is 0 Å². The van der Waals surface area contributed by atoms with Crippen molar-refractivity contribution in [1.29, 1.82) is 0 Å². The first-order valence-corrected chi connectivity index (χ1v) is 10.8. The molecule has 156 valence electrons. The van der Waals surface area contributed by atoms with Gasteiger partial charge in [-0.25, -0.2) is 4.98 Å². The first-order valence-electron chi connectivity index (χ1n) is 10.8. The SMILES string of the molecule is O=C(c1ccc2ccccc2c1)N1CCN(CCn2ccnc2-c2ccccc2)CC1. The van der Waals surface area contributed by atoms with Crippen molar-refractivity contribution < 1.29 is 4.79 Å². The molecule has 1 aliphatic rings. The third-order valence-electron chi connectivity index (χ3n) is 6.06. The number of aromatic nitrogens is 2. The topological polar surface area (TPSA) is 41.4 Å². The van der Waals surface area contributed by atoms with Crippen molar-refractivity contribution >= 4 is 16.7 Å². The zero-order chi connectivity index (χ0) is 21.0. The van der Waals surface area contributed by atoms with Gasteiger partial charge in [-0.2, -0.15) is 0 Å². The Morgan fingerprint density at radius 1 is 0.806 bits per heavy atom. The Morgan fingerprint density at radius 3 is 2.35 bits per heavy atom. The molecule has 0 atom stereocenters. The molecule has 31 heavy (non-hydrogen) atoms. The summed E-state index contributed by atoms with van der Waals surface area (Å²) in [5.74, 6) is 1.14. The molecular formula is C26H26N4O. The van der Waals surface area contributed by atoms with Gasteiger partial charge in [0.25, 0.3) is 5.91 Å². The van der Waals surface area contributed by atoms with Crippen LogP contribution >= 0.6 is 0 Å². The van der Waals surface area contributed by atoms with Gasteiger partial charge < -0.3 is 9.47 Å². The van der Waals surface area contributed by atoms with E-state index in [1.165, 1.54) is 5.39 Å². The minimum absolute atomic E-state index is 0.131. The molecule has 1 fully saturated rings. The molecule has 3 aromatic carbocycles. The number of nitrogens with zero attached hydrogens (tertiary/aromatic N) is 4. The summed E-state index contributed by atoms with van der Waals surface area (Å²) >= 11 is 0. The lowest BCUT2D eigenvalue weighted by Crippen LogP contribution is -2.49. The van der Waals surface area contributed by atoms with Gasteiger partial charge in [-0.05, 0) is 22.9 Å². The molecule has 1 amide bonds. The number of piperazine rings is 1. The molecule has 5 rings (SSSR count). The van der Waals surface area contributed by atoms with Crippen molar-refractivity contribution in [2.24, 2.45) is 0 Å². The molecule has 1 aromatic heterocycles. The average Bonchev–Trinajstić information content (AvgIpc) is 3.31. The minimum Gasteiger partial charge on any atom is -0.336 e. The first kappa shape index (κ1) is 19.5. The second-order valence-corrected chi connectivity index (χ2v) is 8.01. The summed E-state index contributed by atoms with van der Waals surface area (Å²) in [7, 11) is 0. The van der Waals surface area contributed by atoms with Crippen LogP contribution in [0.3, 0.4) is 0 Å². The van der Waals surface area contributed by atoms with Crippen molar-refractivity contribution in [3.63, 3.8) is 0 Å². The molecule has 0 bridgehead atoms. The molecule has 4 aromatic rings. The van der Waals surface area contributed by atoms with Gasteiger partial charge in [-0.15, -0.1) is 0 Å². The average molecular weight is 411 g/mol. The Bertz CT molecular complexity index is 1180.